The van der Waals surface area contributed by atoms with Gasteiger partial charge in [-0.2, -0.15) is 0 Å². The average Bonchev–Trinajstić information content (AvgIpc) is 2.02. The molecule has 0 saturated carbocycles. The topological polar surface area (TPSA) is 24.9 Å². The number of rotatable bonds is 8. The molecule has 0 N–H and O–H groups in total. The second-order valence-electron chi connectivity index (χ2n) is 3.45. The zero-order valence-electron chi connectivity index (χ0n) is 9.49. The molecule has 0 saturated heterocycles. The Labute approximate surface area is 93.5 Å². The average molecular weight is 241 g/mol. The van der Waals surface area contributed by atoms with E-state index in [1.807, 2.05) is 28.2 Å². The van der Waals surface area contributed by atoms with Gasteiger partial charge in [0.1, 0.15) is 0 Å². The predicted octanol–water partition coefficient (Wildman–Crippen LogP) is 1.21. The van der Waals surface area contributed by atoms with Crippen LogP contribution in [0.25, 0.3) is 0 Å². The number of hydrogen-bond acceptors (Lipinski definition) is 4. The molecule has 4 nitrogen and oxygen atoms in total. The summed E-state index contributed by atoms with van der Waals surface area (Å²) in [4.78, 5) is 0. The fraction of sp³-hybridized carbons (Fsp3) is 1.00. The Bertz CT molecular complexity index is 129. The third-order valence-electron chi connectivity index (χ3n) is 1.48. The SMILES string of the molecule is CN(C)O[SiH](CCCCCl)ON(C)C. The van der Waals surface area contributed by atoms with Crippen molar-refractivity contribution in [1.29, 1.82) is 0 Å². The molecule has 0 bridgehead atoms. The fourth-order valence-corrected chi connectivity index (χ4v) is 3.00. The standard InChI is InChI=1S/C8H21ClN2O2Si/c1-10(2)12-14(13-11(3)4)8-6-5-7-9/h14H,5-8H2,1-4H3. The Morgan fingerprint density at radius 1 is 1.00 bits per heavy atom. The first kappa shape index (κ1) is 14.3. The van der Waals surface area contributed by atoms with E-state index in [1.54, 1.807) is 10.1 Å². The van der Waals surface area contributed by atoms with E-state index in [1.165, 1.54) is 0 Å². The van der Waals surface area contributed by atoms with E-state index in [-0.39, 0.29) is 0 Å². The van der Waals surface area contributed by atoms with E-state index in [0.717, 1.165) is 18.9 Å². The van der Waals surface area contributed by atoms with Gasteiger partial charge in [-0.3, -0.25) is 0 Å². The Morgan fingerprint density at radius 2 is 1.50 bits per heavy atom. The van der Waals surface area contributed by atoms with Crippen LogP contribution in [0.3, 0.4) is 0 Å². The maximum Gasteiger partial charge on any atom is 0.362 e. The fourth-order valence-electron chi connectivity index (χ4n) is 1.00. The van der Waals surface area contributed by atoms with Gasteiger partial charge in [-0.25, -0.2) is 10.1 Å². The van der Waals surface area contributed by atoms with Gasteiger partial charge in [-0.15, -0.1) is 11.6 Å². The van der Waals surface area contributed by atoms with Gasteiger partial charge in [0.15, 0.2) is 0 Å². The summed E-state index contributed by atoms with van der Waals surface area (Å²) in [5, 5.41) is 3.42. The lowest BCUT2D eigenvalue weighted by atomic mass is 10.4. The number of hydrogen-bond donors (Lipinski definition) is 0. The lowest BCUT2D eigenvalue weighted by molar-refractivity contribution is -0.0943. The molecule has 0 heterocycles. The predicted molar refractivity (Wildman–Crippen MR) is 61.5 cm³/mol. The first-order chi connectivity index (χ1) is 6.56. The van der Waals surface area contributed by atoms with Gasteiger partial charge in [0.05, 0.1) is 0 Å². The van der Waals surface area contributed by atoms with Crippen molar-refractivity contribution >= 4 is 20.9 Å². The monoisotopic (exact) mass is 240 g/mol. The Balaban J connectivity index is 3.72. The zero-order valence-corrected chi connectivity index (χ0v) is 11.4. The van der Waals surface area contributed by atoms with Crippen LogP contribution in [-0.2, 0) is 9.05 Å². The molecule has 0 aliphatic rings. The van der Waals surface area contributed by atoms with Crippen LogP contribution in [0.15, 0.2) is 0 Å². The summed E-state index contributed by atoms with van der Waals surface area (Å²) in [6.45, 7) is 0. The lowest BCUT2D eigenvalue weighted by Crippen LogP contribution is -2.34. The summed E-state index contributed by atoms with van der Waals surface area (Å²) in [6.07, 6.45) is 2.10. The maximum absolute atomic E-state index is 5.61. The normalized spacial score (nSPS) is 12.0. The van der Waals surface area contributed by atoms with Crippen LogP contribution >= 0.6 is 11.6 Å². The molecule has 0 aliphatic heterocycles. The number of halogens is 1. The molecule has 0 aromatic heterocycles. The van der Waals surface area contributed by atoms with Gasteiger partial charge in [-0.1, -0.05) is 6.42 Å². The summed E-state index contributed by atoms with van der Waals surface area (Å²) in [5.41, 5.74) is 0. The summed E-state index contributed by atoms with van der Waals surface area (Å²) in [6, 6.07) is 0.989. The van der Waals surface area contributed by atoms with Crippen LogP contribution in [0.2, 0.25) is 6.04 Å². The van der Waals surface area contributed by atoms with Crippen LogP contribution < -0.4 is 0 Å². The highest BCUT2D eigenvalue weighted by Crippen LogP contribution is 2.06. The molecular weight excluding hydrogens is 220 g/mol. The molecule has 0 aromatic rings. The van der Waals surface area contributed by atoms with Crippen LogP contribution in [0, 0.1) is 0 Å². The van der Waals surface area contributed by atoms with Crippen LogP contribution in [0.4, 0.5) is 0 Å². The number of nitrogens with zero attached hydrogens (tertiary/aromatic N) is 2. The van der Waals surface area contributed by atoms with Crippen molar-refractivity contribution in [2.75, 3.05) is 34.1 Å². The Kier molecular flexibility index (Phi) is 8.85. The first-order valence-corrected chi connectivity index (χ1v) is 7.09. The Morgan fingerprint density at radius 3 is 1.86 bits per heavy atom. The molecule has 0 rings (SSSR count). The minimum absolute atomic E-state index is 0.713. The number of unbranched alkanes of at least 4 members (excludes halogenated alkanes) is 1. The molecule has 0 unspecified atom stereocenters. The third-order valence-corrected chi connectivity index (χ3v) is 3.94. The van der Waals surface area contributed by atoms with Crippen molar-refractivity contribution in [2.24, 2.45) is 0 Å². The summed E-state index contributed by atoms with van der Waals surface area (Å²) < 4.78 is 11.1. The van der Waals surface area contributed by atoms with Gasteiger partial charge in [-0.05, 0) is 12.5 Å². The van der Waals surface area contributed by atoms with E-state index >= 15 is 0 Å². The zero-order chi connectivity index (χ0) is 11.0. The van der Waals surface area contributed by atoms with Crippen LogP contribution in [0.5, 0.6) is 0 Å². The summed E-state index contributed by atoms with van der Waals surface area (Å²) in [5.74, 6) is 0.713. The van der Waals surface area contributed by atoms with Gasteiger partial charge < -0.3 is 9.05 Å². The minimum atomic E-state index is -1.59. The third kappa shape index (κ3) is 8.92. The second-order valence-corrected chi connectivity index (χ2v) is 5.69. The van der Waals surface area contributed by atoms with Crippen molar-refractivity contribution in [3.63, 3.8) is 0 Å². The molecule has 0 aliphatic carbocycles. The van der Waals surface area contributed by atoms with E-state index < -0.39 is 9.28 Å². The largest absolute Gasteiger partial charge is 0.362 e. The highest BCUT2D eigenvalue weighted by atomic mass is 35.5. The molecule has 86 valence electrons. The van der Waals surface area contributed by atoms with Crippen molar-refractivity contribution in [1.82, 2.24) is 10.1 Å². The number of hydroxylamine groups is 4. The van der Waals surface area contributed by atoms with Crippen molar-refractivity contribution < 1.29 is 9.05 Å². The highest BCUT2D eigenvalue weighted by Gasteiger charge is 2.16. The van der Waals surface area contributed by atoms with Crippen molar-refractivity contribution in [3.8, 4) is 0 Å². The van der Waals surface area contributed by atoms with Crippen LogP contribution in [-0.4, -0.2) is 53.5 Å². The summed E-state index contributed by atoms with van der Waals surface area (Å²) >= 11 is 5.61. The highest BCUT2D eigenvalue weighted by molar-refractivity contribution is 6.44. The van der Waals surface area contributed by atoms with E-state index in [0.29, 0.717) is 5.88 Å². The molecule has 0 radical (unpaired) electrons. The van der Waals surface area contributed by atoms with Crippen molar-refractivity contribution in [3.05, 3.63) is 0 Å². The summed E-state index contributed by atoms with van der Waals surface area (Å²) in [7, 11) is 5.91. The molecule has 6 heteroatoms. The minimum Gasteiger partial charge on any atom is -0.312 e. The smallest absolute Gasteiger partial charge is 0.312 e. The van der Waals surface area contributed by atoms with Gasteiger partial charge in [0.25, 0.3) is 0 Å². The molecule has 0 aromatic carbocycles. The molecule has 0 fully saturated rings. The molecular formula is C8H21ClN2O2Si. The Hall–Kier alpha value is 0.347. The van der Waals surface area contributed by atoms with E-state index in [9.17, 15) is 0 Å². The molecule has 0 amide bonds. The second kappa shape index (κ2) is 8.64. The van der Waals surface area contributed by atoms with E-state index in [4.69, 9.17) is 20.7 Å². The van der Waals surface area contributed by atoms with Crippen molar-refractivity contribution in [2.45, 2.75) is 18.9 Å². The maximum atomic E-state index is 5.61. The van der Waals surface area contributed by atoms with Gasteiger partial charge in [0.2, 0.25) is 0 Å². The van der Waals surface area contributed by atoms with Crippen LogP contribution in [0.1, 0.15) is 12.8 Å². The molecule has 14 heavy (non-hydrogen) atoms. The van der Waals surface area contributed by atoms with Gasteiger partial charge in [0, 0.05) is 34.1 Å². The first-order valence-electron chi connectivity index (χ1n) is 4.80. The molecule has 0 atom stereocenters. The quantitative estimate of drug-likeness (QED) is 0.276. The number of alkyl halides is 1. The van der Waals surface area contributed by atoms with Gasteiger partial charge >= 0.3 is 9.28 Å². The molecule has 0 spiro atoms. The lowest BCUT2D eigenvalue weighted by Gasteiger charge is -2.22. The van der Waals surface area contributed by atoms with E-state index in [2.05, 4.69) is 0 Å².